The number of carboxylic acids is 1. The maximum Gasteiger partial charge on any atom is 0.347 e. The summed E-state index contributed by atoms with van der Waals surface area (Å²) in [4.78, 5) is 14.9. The van der Waals surface area contributed by atoms with Gasteiger partial charge in [0.2, 0.25) is 0 Å². The number of thiazole rings is 1. The quantitative estimate of drug-likeness (QED) is 0.827. The molecule has 2 rings (SSSR count). The minimum absolute atomic E-state index is 0.285. The van der Waals surface area contributed by atoms with Gasteiger partial charge in [-0.2, -0.15) is 0 Å². The van der Waals surface area contributed by atoms with E-state index in [0.717, 1.165) is 6.54 Å². The van der Waals surface area contributed by atoms with Gasteiger partial charge in [-0.3, -0.25) is 0 Å². The van der Waals surface area contributed by atoms with Crippen molar-refractivity contribution in [3.05, 3.63) is 11.1 Å². The lowest BCUT2D eigenvalue weighted by Gasteiger charge is -2.03. The van der Waals surface area contributed by atoms with Crippen molar-refractivity contribution in [2.45, 2.75) is 20.3 Å². The number of nitrogens with one attached hydrogen (secondary N) is 1. The van der Waals surface area contributed by atoms with Crippen LogP contribution in [0.25, 0.3) is 0 Å². The van der Waals surface area contributed by atoms with Crippen LogP contribution in [0.2, 0.25) is 0 Å². The van der Waals surface area contributed by atoms with Crippen molar-refractivity contribution >= 4 is 22.4 Å². The molecular formula is C10H14N2O2S. The largest absolute Gasteiger partial charge is 0.477 e. The average molecular weight is 226 g/mol. The molecule has 0 radical (unpaired) electrons. The fraction of sp³-hybridized carbons (Fsp3) is 0.600. The highest BCUT2D eigenvalue weighted by Crippen LogP contribution is 2.51. The van der Waals surface area contributed by atoms with Gasteiger partial charge in [0.25, 0.3) is 0 Å². The van der Waals surface area contributed by atoms with E-state index in [4.69, 9.17) is 5.11 Å². The number of carbonyl (C=O) groups is 1. The molecule has 1 aliphatic rings. The van der Waals surface area contributed by atoms with Gasteiger partial charge in [-0.1, -0.05) is 25.2 Å². The molecule has 5 heteroatoms. The predicted molar refractivity (Wildman–Crippen MR) is 59.5 cm³/mol. The summed E-state index contributed by atoms with van der Waals surface area (Å²) in [5.74, 6) is -0.220. The Morgan fingerprint density at radius 2 is 2.47 bits per heavy atom. The minimum Gasteiger partial charge on any atom is -0.477 e. The summed E-state index contributed by atoms with van der Waals surface area (Å²) in [6.45, 7) is 5.37. The first-order valence-electron chi connectivity index (χ1n) is 4.92. The van der Waals surface area contributed by atoms with E-state index >= 15 is 0 Å². The first-order chi connectivity index (χ1) is 6.99. The second-order valence-electron chi connectivity index (χ2n) is 4.61. The third kappa shape index (κ3) is 2.28. The van der Waals surface area contributed by atoms with E-state index in [-0.39, 0.29) is 4.88 Å². The molecular weight excluding hydrogens is 212 g/mol. The van der Waals surface area contributed by atoms with Crippen molar-refractivity contribution in [3.63, 3.8) is 0 Å². The van der Waals surface area contributed by atoms with Gasteiger partial charge in [-0.05, 0) is 17.8 Å². The molecule has 1 atom stereocenters. The molecule has 1 aromatic heterocycles. The molecule has 82 valence electrons. The van der Waals surface area contributed by atoms with Gasteiger partial charge in [-0.15, -0.1) is 0 Å². The van der Waals surface area contributed by atoms with Gasteiger partial charge < -0.3 is 10.4 Å². The molecule has 1 aliphatic carbocycles. The zero-order valence-electron chi connectivity index (χ0n) is 8.78. The molecule has 0 spiro atoms. The monoisotopic (exact) mass is 226 g/mol. The standard InChI is InChI=1S/C10H14N2O2S/c1-10(2)3-6(10)4-11-9-12-5-7(15-9)8(13)14/h5-6H,3-4H2,1-2H3,(H,11,12)(H,13,14). The summed E-state index contributed by atoms with van der Waals surface area (Å²) in [6, 6.07) is 0. The highest BCUT2D eigenvalue weighted by atomic mass is 32.1. The Bertz CT molecular complexity index is 387. The Kier molecular flexibility index (Phi) is 2.42. The van der Waals surface area contributed by atoms with Crippen LogP contribution in [0.15, 0.2) is 6.20 Å². The molecule has 4 nitrogen and oxygen atoms in total. The van der Waals surface area contributed by atoms with Crippen molar-refractivity contribution in [1.29, 1.82) is 0 Å². The number of rotatable bonds is 4. The van der Waals surface area contributed by atoms with Crippen LogP contribution in [0.3, 0.4) is 0 Å². The lowest BCUT2D eigenvalue weighted by Crippen LogP contribution is -2.06. The lowest BCUT2D eigenvalue weighted by molar-refractivity contribution is 0.0702. The maximum absolute atomic E-state index is 10.6. The summed E-state index contributed by atoms with van der Waals surface area (Å²) >= 11 is 1.19. The first-order valence-corrected chi connectivity index (χ1v) is 5.74. The molecule has 0 aliphatic heterocycles. The lowest BCUT2D eigenvalue weighted by atomic mass is 10.1. The number of aromatic nitrogens is 1. The van der Waals surface area contributed by atoms with Gasteiger partial charge in [0.1, 0.15) is 4.88 Å². The molecule has 1 fully saturated rings. The molecule has 1 aromatic rings. The third-order valence-corrected chi connectivity index (χ3v) is 3.88. The second kappa shape index (κ2) is 3.48. The Morgan fingerprint density at radius 1 is 1.80 bits per heavy atom. The van der Waals surface area contributed by atoms with Crippen LogP contribution >= 0.6 is 11.3 Å². The van der Waals surface area contributed by atoms with Crippen LogP contribution in [-0.4, -0.2) is 22.6 Å². The van der Waals surface area contributed by atoms with Crippen LogP contribution in [0.4, 0.5) is 5.13 Å². The Labute approximate surface area is 92.3 Å². The second-order valence-corrected chi connectivity index (χ2v) is 5.64. The van der Waals surface area contributed by atoms with E-state index in [1.54, 1.807) is 0 Å². The Hall–Kier alpha value is -1.10. The average Bonchev–Trinajstić information content (AvgIpc) is 2.63. The van der Waals surface area contributed by atoms with Crippen molar-refractivity contribution in [1.82, 2.24) is 4.98 Å². The molecule has 1 unspecified atom stereocenters. The highest BCUT2D eigenvalue weighted by molar-refractivity contribution is 7.17. The van der Waals surface area contributed by atoms with E-state index in [9.17, 15) is 4.79 Å². The van der Waals surface area contributed by atoms with Gasteiger partial charge in [0.15, 0.2) is 5.13 Å². The van der Waals surface area contributed by atoms with Crippen LogP contribution in [0, 0.1) is 11.3 Å². The number of carboxylic acid groups (broad SMARTS) is 1. The van der Waals surface area contributed by atoms with Gasteiger partial charge in [-0.25, -0.2) is 9.78 Å². The topological polar surface area (TPSA) is 62.2 Å². The maximum atomic E-state index is 10.6. The smallest absolute Gasteiger partial charge is 0.347 e. The van der Waals surface area contributed by atoms with Crippen molar-refractivity contribution in [2.75, 3.05) is 11.9 Å². The van der Waals surface area contributed by atoms with Crippen molar-refractivity contribution in [3.8, 4) is 0 Å². The molecule has 0 saturated heterocycles. The van der Waals surface area contributed by atoms with Gasteiger partial charge in [0, 0.05) is 6.54 Å². The molecule has 15 heavy (non-hydrogen) atoms. The molecule has 2 N–H and O–H groups in total. The summed E-state index contributed by atoms with van der Waals surface area (Å²) < 4.78 is 0. The fourth-order valence-electron chi connectivity index (χ4n) is 1.59. The van der Waals surface area contributed by atoms with Crippen LogP contribution < -0.4 is 5.32 Å². The van der Waals surface area contributed by atoms with Crippen molar-refractivity contribution < 1.29 is 9.90 Å². The summed E-state index contributed by atoms with van der Waals surface area (Å²) in [6.07, 6.45) is 2.63. The van der Waals surface area contributed by atoms with E-state index in [1.807, 2.05) is 0 Å². The zero-order valence-corrected chi connectivity index (χ0v) is 9.60. The highest BCUT2D eigenvalue weighted by Gasteiger charge is 2.45. The predicted octanol–water partition coefficient (Wildman–Crippen LogP) is 2.30. The normalized spacial score (nSPS) is 22.4. The molecule has 0 amide bonds. The number of anilines is 1. The number of hydrogen-bond acceptors (Lipinski definition) is 4. The SMILES string of the molecule is CC1(C)CC1CNc1ncc(C(=O)O)s1. The Morgan fingerprint density at radius 3 is 2.93 bits per heavy atom. The van der Waals surface area contributed by atoms with Gasteiger partial charge in [0.05, 0.1) is 6.20 Å². The minimum atomic E-state index is -0.910. The first kappa shape index (κ1) is 10.4. The summed E-state index contributed by atoms with van der Waals surface area (Å²) in [7, 11) is 0. The van der Waals surface area contributed by atoms with Gasteiger partial charge >= 0.3 is 5.97 Å². The van der Waals surface area contributed by atoms with E-state index in [1.165, 1.54) is 24.0 Å². The van der Waals surface area contributed by atoms with Crippen LogP contribution in [0.5, 0.6) is 0 Å². The molecule has 1 heterocycles. The third-order valence-electron chi connectivity index (χ3n) is 2.93. The van der Waals surface area contributed by atoms with E-state index in [2.05, 4.69) is 24.1 Å². The molecule has 0 bridgehead atoms. The number of nitrogens with zero attached hydrogens (tertiary/aromatic N) is 1. The zero-order chi connectivity index (χ0) is 11.1. The van der Waals surface area contributed by atoms with Crippen LogP contribution in [0.1, 0.15) is 29.9 Å². The summed E-state index contributed by atoms with van der Waals surface area (Å²) in [5.41, 5.74) is 0.444. The number of hydrogen-bond donors (Lipinski definition) is 2. The number of aromatic carboxylic acids is 1. The van der Waals surface area contributed by atoms with E-state index in [0.29, 0.717) is 16.5 Å². The fourth-order valence-corrected chi connectivity index (χ4v) is 2.25. The van der Waals surface area contributed by atoms with E-state index < -0.39 is 5.97 Å². The molecule has 0 aromatic carbocycles. The molecule has 1 saturated carbocycles. The summed E-state index contributed by atoms with van der Waals surface area (Å²) in [5, 5.41) is 12.6. The Balaban J connectivity index is 1.86. The van der Waals surface area contributed by atoms with Crippen molar-refractivity contribution in [2.24, 2.45) is 11.3 Å². The van der Waals surface area contributed by atoms with Crippen LogP contribution in [-0.2, 0) is 0 Å².